The van der Waals surface area contributed by atoms with Gasteiger partial charge in [0, 0.05) is 12.1 Å². The molecule has 0 aliphatic rings. The molecule has 0 radical (unpaired) electrons. The summed E-state index contributed by atoms with van der Waals surface area (Å²) in [4.78, 5) is 4.18. The van der Waals surface area contributed by atoms with Gasteiger partial charge in [-0.3, -0.25) is 0 Å². The smallest absolute Gasteiger partial charge is 0.0622 e. The van der Waals surface area contributed by atoms with Gasteiger partial charge in [0.05, 0.1) is 6.08 Å². The van der Waals surface area contributed by atoms with Gasteiger partial charge in [0.25, 0.3) is 0 Å². The molecule has 0 heterocycles. The van der Waals surface area contributed by atoms with E-state index in [9.17, 15) is 0 Å². The molecule has 0 N–H and O–H groups in total. The lowest BCUT2D eigenvalue weighted by molar-refractivity contribution is 1.66. The summed E-state index contributed by atoms with van der Waals surface area (Å²) < 4.78 is 0. The molecule has 0 fully saturated rings. The molecule has 0 unspecified atom stereocenters. The van der Waals surface area contributed by atoms with Gasteiger partial charge in [-0.25, -0.2) is 0 Å². The number of hydrogen-bond acceptors (Lipinski definition) is 0. The Balaban J connectivity index is 2.03. The Morgan fingerprint density at radius 2 is 1.44 bits per heavy atom. The van der Waals surface area contributed by atoms with E-state index in [1.165, 1.54) is 0 Å². The average Bonchev–Trinajstić information content (AvgIpc) is 2.37. The minimum absolute atomic E-state index is 0.917. The lowest BCUT2D eigenvalue weighted by Crippen LogP contribution is -1.66. The molecule has 0 aromatic heterocycles. The Morgan fingerprint density at radius 1 is 0.812 bits per heavy atom. The van der Waals surface area contributed by atoms with Crippen molar-refractivity contribution in [2.75, 3.05) is 0 Å². The van der Waals surface area contributed by atoms with Crippen molar-refractivity contribution >= 4 is 11.8 Å². The number of allylic oxidation sites excluding steroid dienone is 1. The van der Waals surface area contributed by atoms with Gasteiger partial charge in [-0.05, 0) is 16.5 Å². The van der Waals surface area contributed by atoms with Crippen LogP contribution < -0.4 is 0 Å². The van der Waals surface area contributed by atoms with Crippen LogP contribution in [0.25, 0.3) is 10.9 Å². The molecule has 0 saturated heterocycles. The zero-order valence-electron chi connectivity index (χ0n) is 8.88. The van der Waals surface area contributed by atoms with Crippen LogP contribution in [-0.4, -0.2) is 0 Å². The first-order chi connectivity index (χ1) is 7.95. The zero-order valence-corrected chi connectivity index (χ0v) is 8.88. The van der Waals surface area contributed by atoms with Crippen LogP contribution in [0.1, 0.15) is 5.56 Å². The molecule has 1 heteroatoms. The van der Waals surface area contributed by atoms with Gasteiger partial charge in [-0.1, -0.05) is 48.5 Å². The highest BCUT2D eigenvalue weighted by Gasteiger charge is 1.94. The first-order valence-corrected chi connectivity index (χ1v) is 5.18. The Kier molecular flexibility index (Phi) is 3.52. The van der Waals surface area contributed by atoms with Crippen LogP contribution in [-0.2, 0) is 0 Å². The highest BCUT2D eigenvalue weighted by Crippen LogP contribution is 2.09. The van der Waals surface area contributed by atoms with Gasteiger partial charge in [0.1, 0.15) is 0 Å². The van der Waals surface area contributed by atoms with Crippen LogP contribution in [0, 0.1) is 6.07 Å². The Labute approximate surface area is 95.5 Å². The van der Waals surface area contributed by atoms with Crippen molar-refractivity contribution in [3.8, 4) is 6.07 Å². The summed E-state index contributed by atoms with van der Waals surface area (Å²) in [6.07, 6.45) is 3.80. The van der Waals surface area contributed by atoms with Gasteiger partial charge in [0.15, 0.2) is 0 Å². The van der Waals surface area contributed by atoms with E-state index in [0.717, 1.165) is 11.3 Å². The van der Waals surface area contributed by atoms with Crippen molar-refractivity contribution in [1.29, 1.82) is 0 Å². The molecule has 1 nitrogen and oxygen atoms in total. The molecule has 2 aromatic carbocycles. The maximum atomic E-state index is 4.18. The van der Waals surface area contributed by atoms with Gasteiger partial charge in [-0.15, -0.1) is 0 Å². The van der Waals surface area contributed by atoms with Crippen molar-refractivity contribution in [3.05, 3.63) is 77.1 Å². The summed E-state index contributed by atoms with van der Waals surface area (Å²) in [6, 6.07) is 22.8. The van der Waals surface area contributed by atoms with Crippen LogP contribution in [0.2, 0.25) is 0 Å². The van der Waals surface area contributed by atoms with E-state index >= 15 is 0 Å². The average molecular weight is 206 g/mol. The summed E-state index contributed by atoms with van der Waals surface area (Å²) >= 11 is 0. The van der Waals surface area contributed by atoms with Gasteiger partial charge in [-0.2, -0.15) is 0 Å². The second-order valence-corrected chi connectivity index (χ2v) is 3.32. The van der Waals surface area contributed by atoms with Crippen molar-refractivity contribution in [2.24, 2.45) is 0 Å². The second kappa shape index (κ2) is 5.53. The van der Waals surface area contributed by atoms with E-state index in [4.69, 9.17) is 0 Å². The van der Waals surface area contributed by atoms with E-state index in [-0.39, 0.29) is 0 Å². The third kappa shape index (κ3) is 3.11. The third-order valence-corrected chi connectivity index (χ3v) is 2.10. The molecule has 2 rings (SSSR count). The fourth-order valence-electron chi connectivity index (χ4n) is 1.31. The summed E-state index contributed by atoms with van der Waals surface area (Å²) in [5, 5.41) is 0. The summed E-state index contributed by atoms with van der Waals surface area (Å²) in [5.41, 5.74) is 2.07. The van der Waals surface area contributed by atoms with Crippen molar-refractivity contribution in [1.82, 2.24) is 0 Å². The molecular formula is C15H12N+. The first kappa shape index (κ1) is 10.2. The molecule has 0 aliphatic heterocycles. The largest absolute Gasteiger partial charge is 0.340 e. The second-order valence-electron chi connectivity index (χ2n) is 3.32. The van der Waals surface area contributed by atoms with Crippen LogP contribution in [0.15, 0.2) is 66.7 Å². The minimum Gasteiger partial charge on any atom is -0.0622 e. The van der Waals surface area contributed by atoms with Crippen LogP contribution in [0.4, 0.5) is 5.69 Å². The maximum Gasteiger partial charge on any atom is 0.340 e. The van der Waals surface area contributed by atoms with Crippen molar-refractivity contribution in [3.63, 3.8) is 0 Å². The Bertz CT molecular complexity index is 516. The van der Waals surface area contributed by atoms with Gasteiger partial charge < -0.3 is 0 Å². The van der Waals surface area contributed by atoms with Gasteiger partial charge >= 0.3 is 11.8 Å². The van der Waals surface area contributed by atoms with E-state index in [1.54, 1.807) is 0 Å². The highest BCUT2D eigenvalue weighted by molar-refractivity contribution is 5.54. The Hall–Kier alpha value is -2.33. The number of para-hydroxylation sites is 1. The van der Waals surface area contributed by atoms with E-state index in [1.807, 2.05) is 72.8 Å². The number of nitrogens with zero attached hydrogens (tertiary/aromatic N) is 1. The minimum atomic E-state index is 0.917. The quantitative estimate of drug-likeness (QED) is 0.610. The number of hydrogen-bond donors (Lipinski definition) is 0. The van der Waals surface area contributed by atoms with E-state index in [0.29, 0.717) is 0 Å². The highest BCUT2D eigenvalue weighted by atomic mass is 14.6. The van der Waals surface area contributed by atoms with Crippen LogP contribution in [0.3, 0.4) is 0 Å². The molecule has 0 spiro atoms. The fraction of sp³-hybridized carbons (Fsp3) is 0. The van der Waals surface area contributed by atoms with Gasteiger partial charge in [0.2, 0.25) is 0 Å². The molecule has 0 aliphatic carbocycles. The lowest BCUT2D eigenvalue weighted by atomic mass is 10.2. The predicted octanol–water partition coefficient (Wildman–Crippen LogP) is 4.36. The SMILES string of the molecule is C(/C=C/c1ccccc1)#[N+]c1ccccc1. The van der Waals surface area contributed by atoms with E-state index in [2.05, 4.69) is 10.9 Å². The Morgan fingerprint density at radius 3 is 2.12 bits per heavy atom. The van der Waals surface area contributed by atoms with Crippen LogP contribution in [0.5, 0.6) is 0 Å². The maximum absolute atomic E-state index is 4.18. The van der Waals surface area contributed by atoms with Crippen LogP contribution >= 0.6 is 0 Å². The van der Waals surface area contributed by atoms with Crippen molar-refractivity contribution < 1.29 is 0 Å². The molecule has 2 aromatic rings. The number of benzene rings is 2. The summed E-state index contributed by atoms with van der Waals surface area (Å²) in [7, 11) is 0. The molecule has 76 valence electrons. The topological polar surface area (TPSA) is 4.36 Å². The lowest BCUT2D eigenvalue weighted by Gasteiger charge is -1.86. The summed E-state index contributed by atoms with van der Waals surface area (Å²) in [6.45, 7) is 0. The normalized spacial score (nSPS) is 9.75. The standard InChI is InChI=1S/C15H12N/c1-3-8-14(9-4-1)10-7-13-16-15-11-5-2-6-12-15/h1-12H/q+1/b10-7+. The molecular weight excluding hydrogens is 194 g/mol. The first-order valence-electron chi connectivity index (χ1n) is 5.18. The molecule has 0 bridgehead atoms. The molecule has 0 amide bonds. The zero-order chi connectivity index (χ0) is 11.1. The van der Waals surface area contributed by atoms with Crippen molar-refractivity contribution in [2.45, 2.75) is 0 Å². The number of rotatable bonds is 1. The summed E-state index contributed by atoms with van der Waals surface area (Å²) in [5.74, 6) is 0. The molecule has 0 atom stereocenters. The third-order valence-electron chi connectivity index (χ3n) is 2.10. The monoisotopic (exact) mass is 206 g/mol. The van der Waals surface area contributed by atoms with E-state index < -0.39 is 0 Å². The molecule has 0 saturated carbocycles. The predicted molar refractivity (Wildman–Crippen MR) is 68.8 cm³/mol. The molecule has 16 heavy (non-hydrogen) atoms. The fourth-order valence-corrected chi connectivity index (χ4v) is 1.31.